The van der Waals surface area contributed by atoms with Crippen molar-refractivity contribution in [1.29, 1.82) is 0 Å². The lowest BCUT2D eigenvalue weighted by Gasteiger charge is -2.13. The monoisotopic (exact) mass is 723 g/mol. The first-order chi connectivity index (χ1) is 23.6. The van der Waals surface area contributed by atoms with E-state index in [1.54, 1.807) is 75.4 Å². The molecule has 0 radical (unpaired) electrons. The fraction of sp³-hybridized carbons (Fsp3) is 0.158. The van der Waals surface area contributed by atoms with Gasteiger partial charge in [-0.3, -0.25) is 14.7 Å². The van der Waals surface area contributed by atoms with E-state index in [9.17, 15) is 19.2 Å². The highest BCUT2D eigenvalue weighted by molar-refractivity contribution is 8.67. The van der Waals surface area contributed by atoms with Crippen molar-refractivity contribution >= 4 is 59.3 Å². The van der Waals surface area contributed by atoms with Crippen LogP contribution in [0.2, 0.25) is 0 Å². The van der Waals surface area contributed by atoms with E-state index in [0.29, 0.717) is 45.1 Å². The summed E-state index contributed by atoms with van der Waals surface area (Å²) in [7, 11) is 3.93. The normalized spacial score (nSPS) is 9.54. The number of aldehydes is 2. The van der Waals surface area contributed by atoms with Crippen molar-refractivity contribution in [2.75, 3.05) is 14.2 Å². The first-order valence-corrected chi connectivity index (χ1v) is 16.3. The molecule has 0 heterocycles. The van der Waals surface area contributed by atoms with E-state index < -0.39 is 17.8 Å². The number of carbonyl (C=O) groups excluding carboxylic acids is 4. The van der Waals surface area contributed by atoms with E-state index in [1.165, 1.54) is 33.3 Å². The molecule has 0 saturated heterocycles. The number of rotatable bonds is 11. The van der Waals surface area contributed by atoms with Crippen molar-refractivity contribution in [2.45, 2.75) is 27.7 Å². The maximum atomic E-state index is 15.2. The van der Waals surface area contributed by atoms with Crippen LogP contribution in [0.1, 0.15) is 38.8 Å². The van der Waals surface area contributed by atoms with Crippen LogP contribution in [0.25, 0.3) is 23.3 Å². The maximum Gasteiger partial charge on any atom is 0.338 e. The van der Waals surface area contributed by atoms with Crippen LogP contribution < -0.4 is 24.1 Å². The van der Waals surface area contributed by atoms with Crippen molar-refractivity contribution < 1.29 is 42.5 Å². The molecule has 9 nitrogen and oxygen atoms in total. The molecule has 0 aliphatic rings. The molecule has 3 aromatic carbocycles. The van der Waals surface area contributed by atoms with E-state index in [4.69, 9.17) is 18.9 Å². The van der Waals surface area contributed by atoms with Crippen LogP contribution >= 0.6 is 22.6 Å². The lowest BCUT2D eigenvalue weighted by molar-refractivity contribution is -0.130. The van der Waals surface area contributed by atoms with Crippen LogP contribution in [0.4, 0.5) is 4.39 Å². The minimum absolute atomic E-state index is 0.159. The molecule has 0 saturated carbocycles. The summed E-state index contributed by atoms with van der Waals surface area (Å²) >= 11 is 3.48. The molecule has 12 heteroatoms. The molecule has 0 spiro atoms. The Balaban J connectivity index is 0.00000158. The molecular formula is C38H42FNO8S2. The standard InChI is InChI=1S/C30H27FO6.2C4H6O.H3NS2/c1-18(2)29(32)36-23-11-10-21(27(17-23)35-6)9-7-20-8-13-24(26(31)15-20)25-14-12-22(34-5)16-28(25)37-30(33)19(3)4;2*1-4(2)3-5;1-3-2/h7-17H,1,3H2,2,4-6H3;2*3H,1H2,2H3;2H,1H2/b9-7+;;;. The van der Waals surface area contributed by atoms with E-state index in [-0.39, 0.29) is 22.5 Å². The molecule has 0 fully saturated rings. The molecule has 0 amide bonds. The zero-order valence-electron chi connectivity index (χ0n) is 28.9. The molecule has 0 unspecified atom stereocenters. The summed E-state index contributed by atoms with van der Waals surface area (Å²) in [6, 6.07) is 14.5. The largest absolute Gasteiger partial charge is 0.497 e. The Hall–Kier alpha value is -5.17. The van der Waals surface area contributed by atoms with Gasteiger partial charge in [-0.1, -0.05) is 62.3 Å². The van der Waals surface area contributed by atoms with Crippen LogP contribution in [0, 0.1) is 5.82 Å². The van der Waals surface area contributed by atoms with Gasteiger partial charge in [0.15, 0.2) is 0 Å². The molecule has 0 aromatic heterocycles. The first-order valence-electron chi connectivity index (χ1n) is 14.4. The van der Waals surface area contributed by atoms with Gasteiger partial charge in [-0.2, -0.15) is 0 Å². The van der Waals surface area contributed by atoms with Gasteiger partial charge < -0.3 is 18.9 Å². The maximum absolute atomic E-state index is 15.2. The highest BCUT2D eigenvalue weighted by Gasteiger charge is 2.16. The van der Waals surface area contributed by atoms with Gasteiger partial charge in [-0.25, -0.2) is 14.0 Å². The molecule has 266 valence electrons. The Labute approximate surface area is 302 Å². The smallest absolute Gasteiger partial charge is 0.338 e. The fourth-order valence-corrected chi connectivity index (χ4v) is 3.25. The molecule has 50 heavy (non-hydrogen) atoms. The van der Waals surface area contributed by atoms with Crippen molar-refractivity contribution in [3.63, 3.8) is 0 Å². The zero-order valence-corrected chi connectivity index (χ0v) is 30.6. The van der Waals surface area contributed by atoms with Gasteiger partial charge in [-0.05, 0) is 85.7 Å². The van der Waals surface area contributed by atoms with Crippen molar-refractivity contribution in [3.8, 4) is 34.1 Å². The summed E-state index contributed by atoms with van der Waals surface area (Å²) in [5.74, 6) is -0.245. The van der Waals surface area contributed by atoms with Crippen molar-refractivity contribution in [2.24, 2.45) is 5.14 Å². The Morgan fingerprint density at radius 2 is 1.20 bits per heavy atom. The summed E-state index contributed by atoms with van der Waals surface area (Å²) in [4.78, 5) is 42.7. The third-order valence-corrected chi connectivity index (χ3v) is 5.64. The second-order valence-corrected chi connectivity index (χ2v) is 11.1. The number of ether oxygens (including phenoxy) is 4. The second kappa shape index (κ2) is 24.0. The molecule has 3 rings (SSSR count). The predicted octanol–water partition coefficient (Wildman–Crippen LogP) is 8.60. The van der Waals surface area contributed by atoms with Gasteiger partial charge in [0.25, 0.3) is 0 Å². The summed E-state index contributed by atoms with van der Waals surface area (Å²) in [5.41, 5.74) is 3.59. The minimum atomic E-state index is -0.621. The first kappa shape index (κ1) is 44.8. The Morgan fingerprint density at radius 3 is 1.66 bits per heavy atom. The van der Waals surface area contributed by atoms with E-state index in [2.05, 4.69) is 43.1 Å². The van der Waals surface area contributed by atoms with Crippen LogP contribution in [-0.4, -0.2) is 38.7 Å². The predicted molar refractivity (Wildman–Crippen MR) is 204 cm³/mol. The lowest BCUT2D eigenvalue weighted by atomic mass is 10.0. The number of allylic oxidation sites excluding steroid dienone is 2. The van der Waals surface area contributed by atoms with Gasteiger partial charge in [0.05, 0.1) is 14.2 Å². The molecule has 0 bridgehead atoms. The molecule has 3 aromatic rings. The lowest BCUT2D eigenvalue weighted by Crippen LogP contribution is -2.09. The van der Waals surface area contributed by atoms with Gasteiger partial charge in [0.2, 0.25) is 0 Å². The highest BCUT2D eigenvalue weighted by atomic mass is 33.1. The van der Waals surface area contributed by atoms with E-state index >= 15 is 4.39 Å². The molecule has 0 aliphatic heterocycles. The Kier molecular flexibility index (Phi) is 21.6. The van der Waals surface area contributed by atoms with Crippen molar-refractivity contribution in [1.82, 2.24) is 0 Å². The van der Waals surface area contributed by atoms with Crippen LogP contribution in [0.15, 0.2) is 103 Å². The Morgan fingerprint density at radius 1 is 0.720 bits per heavy atom. The number of carbonyl (C=O) groups is 4. The number of methoxy groups -OCH3 is 2. The van der Waals surface area contributed by atoms with Crippen molar-refractivity contribution in [3.05, 3.63) is 120 Å². The SMILES string of the molecule is C=C(C)C(=O)Oc1ccc(/C=C/c2ccc(-c3ccc(OC)cc3OC(=O)C(=C)C)c(F)c2)c(OC)c1.C=C(C)C=O.C=C(C)C=O.NSS. The summed E-state index contributed by atoms with van der Waals surface area (Å²) in [6.07, 6.45) is 4.92. The van der Waals surface area contributed by atoms with Crippen LogP contribution in [0.5, 0.6) is 23.0 Å². The van der Waals surface area contributed by atoms with Crippen LogP contribution in [-0.2, 0) is 19.2 Å². The van der Waals surface area contributed by atoms with E-state index in [0.717, 1.165) is 23.6 Å². The summed E-state index contributed by atoms with van der Waals surface area (Å²) in [6.45, 7) is 20.2. The zero-order chi connectivity index (χ0) is 38.4. The fourth-order valence-electron chi connectivity index (χ4n) is 3.25. The number of thiol groups is 1. The number of nitrogens with two attached hydrogens (primary N) is 1. The van der Waals surface area contributed by atoms with Crippen LogP contribution in [0.3, 0.4) is 0 Å². The third kappa shape index (κ3) is 16.8. The third-order valence-electron chi connectivity index (χ3n) is 5.64. The molecular weight excluding hydrogens is 682 g/mol. The van der Waals surface area contributed by atoms with Gasteiger partial charge in [-0.15, -0.1) is 0 Å². The number of benzene rings is 3. The summed E-state index contributed by atoms with van der Waals surface area (Å²) in [5, 5.41) is 4.63. The molecule has 0 aliphatic carbocycles. The van der Waals surface area contributed by atoms with Gasteiger partial charge in [0.1, 0.15) is 41.4 Å². The molecule has 0 atom stereocenters. The number of hydrogen-bond donors (Lipinski definition) is 2. The topological polar surface area (TPSA) is 131 Å². The summed E-state index contributed by atoms with van der Waals surface area (Å²) < 4.78 is 36.5. The van der Waals surface area contributed by atoms with E-state index in [1.807, 2.05) is 0 Å². The quantitative estimate of drug-likeness (QED) is 0.0290. The Bertz CT molecular complexity index is 1720. The average molecular weight is 724 g/mol. The highest BCUT2D eigenvalue weighted by Crippen LogP contribution is 2.36. The van der Waals surface area contributed by atoms with Gasteiger partial charge >= 0.3 is 11.9 Å². The molecule has 2 N–H and O–H groups in total. The average Bonchev–Trinajstić information content (AvgIpc) is 3.08. The minimum Gasteiger partial charge on any atom is -0.497 e. The van der Waals surface area contributed by atoms with Gasteiger partial charge in [0, 0.05) is 40.0 Å². The number of esters is 2. The number of hydrogen-bond acceptors (Lipinski definition) is 11. The number of halogens is 1. The second-order valence-electron chi connectivity index (χ2n) is 10.2.